The van der Waals surface area contributed by atoms with E-state index >= 15 is 0 Å². The SMILES string of the molecule is CCCCCCCCCCCC(=O)NCCCCC(=O)Oc1cc(Cl)c(Cl)cc1Cl. The Morgan fingerprint density at radius 3 is 2.00 bits per heavy atom. The standard InChI is InChI=1S/C23H34Cl3NO3/c1-2-3-4-5-6-7-8-9-10-13-22(28)27-15-12-11-14-23(29)30-21-17-19(25)18(24)16-20(21)26/h16-17H,2-15H2,1H3,(H,27,28). The number of carbonyl (C=O) groups excluding carboxylic acids is 2. The van der Waals surface area contributed by atoms with Crippen LogP contribution in [0.3, 0.4) is 0 Å². The van der Waals surface area contributed by atoms with Gasteiger partial charge in [-0.25, -0.2) is 0 Å². The first kappa shape index (κ1) is 27.1. The molecule has 0 heterocycles. The van der Waals surface area contributed by atoms with E-state index in [1.165, 1.54) is 57.1 Å². The number of amides is 1. The van der Waals surface area contributed by atoms with E-state index in [2.05, 4.69) is 12.2 Å². The van der Waals surface area contributed by atoms with Gasteiger partial charge in [0.2, 0.25) is 5.91 Å². The molecule has 0 saturated heterocycles. The van der Waals surface area contributed by atoms with Crippen molar-refractivity contribution in [2.45, 2.75) is 90.4 Å². The summed E-state index contributed by atoms with van der Waals surface area (Å²) in [5, 5.41) is 3.73. The molecule has 0 radical (unpaired) electrons. The molecule has 7 heteroatoms. The number of ether oxygens (including phenoxy) is 1. The summed E-state index contributed by atoms with van der Waals surface area (Å²) >= 11 is 17.7. The van der Waals surface area contributed by atoms with Crippen LogP contribution in [-0.2, 0) is 9.59 Å². The predicted molar refractivity (Wildman–Crippen MR) is 126 cm³/mol. The third-order valence-electron chi connectivity index (χ3n) is 4.84. The van der Waals surface area contributed by atoms with E-state index in [1.807, 2.05) is 0 Å². The summed E-state index contributed by atoms with van der Waals surface area (Å²) in [7, 11) is 0. The highest BCUT2D eigenvalue weighted by atomic mass is 35.5. The van der Waals surface area contributed by atoms with Crippen molar-refractivity contribution in [3.63, 3.8) is 0 Å². The molecule has 1 N–H and O–H groups in total. The Balaban J connectivity index is 2.01. The zero-order valence-corrected chi connectivity index (χ0v) is 20.2. The number of rotatable bonds is 16. The molecule has 1 aromatic rings. The van der Waals surface area contributed by atoms with Gasteiger partial charge in [0.25, 0.3) is 0 Å². The third-order valence-corrected chi connectivity index (χ3v) is 5.85. The van der Waals surface area contributed by atoms with E-state index < -0.39 is 5.97 Å². The molecular weight excluding hydrogens is 445 g/mol. The van der Waals surface area contributed by atoms with Crippen LogP contribution < -0.4 is 10.1 Å². The summed E-state index contributed by atoms with van der Waals surface area (Å²) in [6.07, 6.45) is 13.3. The van der Waals surface area contributed by atoms with E-state index in [-0.39, 0.29) is 28.1 Å². The van der Waals surface area contributed by atoms with E-state index in [0.29, 0.717) is 30.8 Å². The molecule has 1 aromatic carbocycles. The summed E-state index contributed by atoms with van der Waals surface area (Å²) in [6, 6.07) is 2.87. The van der Waals surface area contributed by atoms with Crippen LogP contribution in [0.5, 0.6) is 5.75 Å². The first-order valence-corrected chi connectivity index (χ1v) is 12.2. The van der Waals surface area contributed by atoms with E-state index in [9.17, 15) is 9.59 Å². The van der Waals surface area contributed by atoms with Crippen molar-refractivity contribution in [2.75, 3.05) is 6.54 Å². The van der Waals surface area contributed by atoms with Crippen molar-refractivity contribution in [1.82, 2.24) is 5.32 Å². The number of esters is 1. The van der Waals surface area contributed by atoms with Crippen molar-refractivity contribution in [3.05, 3.63) is 27.2 Å². The van der Waals surface area contributed by atoms with Gasteiger partial charge in [-0.2, -0.15) is 0 Å². The van der Waals surface area contributed by atoms with Gasteiger partial charge in [0.1, 0.15) is 0 Å². The van der Waals surface area contributed by atoms with Crippen molar-refractivity contribution < 1.29 is 14.3 Å². The van der Waals surface area contributed by atoms with Crippen molar-refractivity contribution >= 4 is 46.7 Å². The maximum absolute atomic E-state index is 11.9. The molecule has 0 atom stereocenters. The van der Waals surface area contributed by atoms with Crippen molar-refractivity contribution in [2.24, 2.45) is 0 Å². The lowest BCUT2D eigenvalue weighted by Gasteiger charge is -2.08. The number of hydrogen-bond acceptors (Lipinski definition) is 3. The average Bonchev–Trinajstić information content (AvgIpc) is 2.70. The number of unbranched alkanes of at least 4 members (excludes halogenated alkanes) is 9. The molecule has 0 unspecified atom stereocenters. The molecule has 1 rings (SSSR count). The van der Waals surface area contributed by atoms with Gasteiger partial charge in [-0.15, -0.1) is 0 Å². The van der Waals surface area contributed by atoms with Gasteiger partial charge < -0.3 is 10.1 Å². The Morgan fingerprint density at radius 1 is 0.767 bits per heavy atom. The Hall–Kier alpha value is -0.970. The van der Waals surface area contributed by atoms with Gasteiger partial charge in [0.05, 0.1) is 15.1 Å². The largest absolute Gasteiger partial charge is 0.425 e. The van der Waals surface area contributed by atoms with Crippen LogP contribution >= 0.6 is 34.8 Å². The second-order valence-electron chi connectivity index (χ2n) is 7.56. The zero-order valence-electron chi connectivity index (χ0n) is 17.9. The minimum atomic E-state index is -0.392. The highest BCUT2D eigenvalue weighted by Gasteiger charge is 2.11. The first-order valence-electron chi connectivity index (χ1n) is 11.1. The van der Waals surface area contributed by atoms with Crippen LogP contribution in [0.1, 0.15) is 90.4 Å². The Bertz CT molecular complexity index is 653. The lowest BCUT2D eigenvalue weighted by molar-refractivity contribution is -0.134. The number of carbonyl (C=O) groups is 2. The molecule has 30 heavy (non-hydrogen) atoms. The zero-order chi connectivity index (χ0) is 22.2. The normalized spacial score (nSPS) is 10.8. The Morgan fingerprint density at radius 2 is 1.33 bits per heavy atom. The molecular formula is C23H34Cl3NO3. The molecule has 0 aliphatic carbocycles. The Kier molecular flexibility index (Phi) is 15.1. The van der Waals surface area contributed by atoms with Gasteiger partial charge in [-0.1, -0.05) is 93.1 Å². The van der Waals surface area contributed by atoms with Crippen molar-refractivity contribution in [3.8, 4) is 5.75 Å². The molecule has 0 fully saturated rings. The summed E-state index contributed by atoms with van der Waals surface area (Å²) < 4.78 is 5.22. The molecule has 4 nitrogen and oxygen atoms in total. The van der Waals surface area contributed by atoms with Crippen LogP contribution in [0.15, 0.2) is 12.1 Å². The summed E-state index contributed by atoms with van der Waals surface area (Å²) in [4.78, 5) is 23.8. The van der Waals surface area contributed by atoms with Crippen LogP contribution in [0.25, 0.3) is 0 Å². The van der Waals surface area contributed by atoms with Gasteiger partial charge >= 0.3 is 5.97 Å². The highest BCUT2D eigenvalue weighted by Crippen LogP contribution is 2.34. The van der Waals surface area contributed by atoms with E-state index in [0.717, 1.165) is 12.8 Å². The summed E-state index contributed by atoms with van der Waals surface area (Å²) in [6.45, 7) is 2.80. The first-order chi connectivity index (χ1) is 14.4. The molecule has 0 aromatic heterocycles. The molecule has 0 saturated carbocycles. The molecule has 0 bridgehead atoms. The second kappa shape index (κ2) is 16.7. The van der Waals surface area contributed by atoms with E-state index in [1.54, 1.807) is 0 Å². The van der Waals surface area contributed by atoms with E-state index in [4.69, 9.17) is 39.5 Å². The maximum atomic E-state index is 11.9. The fourth-order valence-corrected chi connectivity index (χ4v) is 3.64. The molecule has 0 aliphatic rings. The fourth-order valence-electron chi connectivity index (χ4n) is 3.06. The highest BCUT2D eigenvalue weighted by molar-refractivity contribution is 6.43. The Labute approximate surface area is 196 Å². The van der Waals surface area contributed by atoms with Gasteiger partial charge in [-0.05, 0) is 25.3 Å². The number of halogens is 3. The predicted octanol–water partition coefficient (Wildman–Crippen LogP) is 7.76. The minimum Gasteiger partial charge on any atom is -0.425 e. The minimum absolute atomic E-state index is 0.0862. The van der Waals surface area contributed by atoms with Gasteiger partial charge in [0.15, 0.2) is 5.75 Å². The van der Waals surface area contributed by atoms with Gasteiger partial charge in [0, 0.05) is 25.5 Å². The van der Waals surface area contributed by atoms with Crippen LogP contribution in [-0.4, -0.2) is 18.4 Å². The topological polar surface area (TPSA) is 55.4 Å². The van der Waals surface area contributed by atoms with Crippen LogP contribution in [0.2, 0.25) is 15.1 Å². The monoisotopic (exact) mass is 477 g/mol. The smallest absolute Gasteiger partial charge is 0.311 e. The quantitative estimate of drug-likeness (QED) is 0.114. The van der Waals surface area contributed by atoms with Crippen molar-refractivity contribution in [1.29, 1.82) is 0 Å². The molecule has 170 valence electrons. The number of hydrogen-bond donors (Lipinski definition) is 1. The number of benzene rings is 1. The summed E-state index contributed by atoms with van der Waals surface area (Å²) in [5.74, 6) is -0.107. The second-order valence-corrected chi connectivity index (χ2v) is 8.78. The lowest BCUT2D eigenvalue weighted by atomic mass is 10.1. The number of nitrogens with one attached hydrogen (secondary N) is 1. The summed E-state index contributed by atoms with van der Waals surface area (Å²) in [5.41, 5.74) is 0. The third kappa shape index (κ3) is 12.7. The maximum Gasteiger partial charge on any atom is 0.311 e. The molecule has 0 aliphatic heterocycles. The molecule has 0 spiro atoms. The lowest BCUT2D eigenvalue weighted by Crippen LogP contribution is -2.24. The average molecular weight is 479 g/mol. The molecule has 1 amide bonds. The van der Waals surface area contributed by atoms with Crippen LogP contribution in [0.4, 0.5) is 0 Å². The van der Waals surface area contributed by atoms with Gasteiger partial charge in [-0.3, -0.25) is 9.59 Å². The fraction of sp³-hybridized carbons (Fsp3) is 0.652. The van der Waals surface area contributed by atoms with Crippen LogP contribution in [0, 0.1) is 0 Å².